The third-order valence-corrected chi connectivity index (χ3v) is 3.73. The van der Waals surface area contributed by atoms with Gasteiger partial charge >= 0.3 is 0 Å². The average molecular weight is 318 g/mol. The van der Waals surface area contributed by atoms with Crippen LogP contribution in [0.5, 0.6) is 0 Å². The van der Waals surface area contributed by atoms with E-state index in [9.17, 15) is 13.6 Å². The van der Waals surface area contributed by atoms with Crippen LogP contribution in [0.4, 0.5) is 8.78 Å². The Morgan fingerprint density at radius 1 is 1.44 bits per heavy atom. The minimum Gasteiger partial charge on any atom is -0.338 e. The predicted octanol–water partition coefficient (Wildman–Crippen LogP) is 3.21. The fourth-order valence-electron chi connectivity index (χ4n) is 2.25. The number of rotatable bonds is 3. The molecule has 18 heavy (non-hydrogen) atoms. The zero-order chi connectivity index (χ0) is 13.1. The number of likely N-dealkylation sites (tertiary alicyclic amines) is 1. The highest BCUT2D eigenvalue weighted by atomic mass is 79.9. The monoisotopic (exact) mass is 317 g/mol. The van der Waals surface area contributed by atoms with E-state index >= 15 is 0 Å². The van der Waals surface area contributed by atoms with E-state index in [2.05, 4.69) is 15.9 Å². The number of benzene rings is 1. The molecule has 0 saturated carbocycles. The van der Waals surface area contributed by atoms with Crippen molar-refractivity contribution in [3.8, 4) is 0 Å². The molecule has 1 aliphatic rings. The zero-order valence-electron chi connectivity index (χ0n) is 9.83. The van der Waals surface area contributed by atoms with Crippen molar-refractivity contribution in [2.75, 3.05) is 18.4 Å². The van der Waals surface area contributed by atoms with E-state index in [0.717, 1.165) is 24.2 Å². The van der Waals surface area contributed by atoms with Crippen LogP contribution in [0.3, 0.4) is 0 Å². The van der Waals surface area contributed by atoms with Gasteiger partial charge in [-0.2, -0.15) is 0 Å². The molecular formula is C13H14BrF2NO. The van der Waals surface area contributed by atoms with Gasteiger partial charge in [0.1, 0.15) is 0 Å². The van der Waals surface area contributed by atoms with Crippen LogP contribution < -0.4 is 0 Å². The van der Waals surface area contributed by atoms with E-state index in [4.69, 9.17) is 0 Å². The number of carbonyl (C=O) groups is 1. The summed E-state index contributed by atoms with van der Waals surface area (Å²) in [6.07, 6.45) is 1.92. The van der Waals surface area contributed by atoms with E-state index < -0.39 is 17.5 Å². The predicted molar refractivity (Wildman–Crippen MR) is 68.8 cm³/mol. The quantitative estimate of drug-likeness (QED) is 0.784. The first-order valence-corrected chi connectivity index (χ1v) is 7.05. The van der Waals surface area contributed by atoms with Crippen LogP contribution in [0.15, 0.2) is 18.2 Å². The minimum absolute atomic E-state index is 0.172. The number of alkyl halides is 1. The molecule has 2 nitrogen and oxygen atoms in total. The van der Waals surface area contributed by atoms with E-state index in [0.29, 0.717) is 19.0 Å². The Kier molecular flexibility index (Phi) is 4.32. The minimum atomic E-state index is -1.05. The Morgan fingerprint density at radius 2 is 2.22 bits per heavy atom. The van der Waals surface area contributed by atoms with Crippen LogP contribution in [0, 0.1) is 17.6 Å². The molecule has 1 saturated heterocycles. The summed E-state index contributed by atoms with van der Waals surface area (Å²) in [5.74, 6) is -1.99. The highest BCUT2D eigenvalue weighted by Crippen LogP contribution is 2.23. The number of carbonyl (C=O) groups excluding carboxylic acids is 1. The number of nitrogens with zero attached hydrogens (tertiary/aromatic N) is 1. The summed E-state index contributed by atoms with van der Waals surface area (Å²) < 4.78 is 26.6. The Labute approximate surface area is 113 Å². The maximum Gasteiger partial charge on any atom is 0.256 e. The van der Waals surface area contributed by atoms with Crippen molar-refractivity contribution in [1.29, 1.82) is 0 Å². The summed E-state index contributed by atoms with van der Waals surface area (Å²) >= 11 is 3.37. The second kappa shape index (κ2) is 5.78. The average Bonchev–Trinajstić information content (AvgIpc) is 2.81. The van der Waals surface area contributed by atoms with Gasteiger partial charge in [-0.1, -0.05) is 22.0 Å². The molecule has 1 atom stereocenters. The fraction of sp³-hybridized carbons (Fsp3) is 0.462. The van der Waals surface area contributed by atoms with Crippen LogP contribution in [0.1, 0.15) is 23.2 Å². The zero-order valence-corrected chi connectivity index (χ0v) is 11.4. The van der Waals surface area contributed by atoms with Crippen molar-refractivity contribution in [2.45, 2.75) is 12.8 Å². The third kappa shape index (κ3) is 2.71. The first-order chi connectivity index (χ1) is 8.63. The summed E-state index contributed by atoms with van der Waals surface area (Å²) in [5.41, 5.74) is -0.172. The molecule has 1 unspecified atom stereocenters. The summed E-state index contributed by atoms with van der Waals surface area (Å²) in [6.45, 7) is 1.24. The van der Waals surface area contributed by atoms with Gasteiger partial charge in [-0.3, -0.25) is 4.79 Å². The summed E-state index contributed by atoms with van der Waals surface area (Å²) in [4.78, 5) is 13.7. The Hall–Kier alpha value is -0.970. The van der Waals surface area contributed by atoms with Crippen molar-refractivity contribution < 1.29 is 13.6 Å². The van der Waals surface area contributed by atoms with Crippen LogP contribution in [-0.2, 0) is 0 Å². The first kappa shape index (κ1) is 13.5. The third-order valence-electron chi connectivity index (χ3n) is 3.27. The van der Waals surface area contributed by atoms with Crippen molar-refractivity contribution >= 4 is 21.8 Å². The van der Waals surface area contributed by atoms with Crippen molar-refractivity contribution in [3.63, 3.8) is 0 Å². The fourth-order valence-corrected chi connectivity index (χ4v) is 2.89. The lowest BCUT2D eigenvalue weighted by Gasteiger charge is -2.16. The van der Waals surface area contributed by atoms with E-state index in [1.54, 1.807) is 4.90 Å². The van der Waals surface area contributed by atoms with Gasteiger partial charge < -0.3 is 4.90 Å². The smallest absolute Gasteiger partial charge is 0.256 e. The van der Waals surface area contributed by atoms with Crippen LogP contribution in [-0.4, -0.2) is 29.2 Å². The van der Waals surface area contributed by atoms with Gasteiger partial charge in [0, 0.05) is 18.4 Å². The number of amides is 1. The van der Waals surface area contributed by atoms with Crippen LogP contribution >= 0.6 is 15.9 Å². The largest absolute Gasteiger partial charge is 0.338 e. The molecular weight excluding hydrogens is 304 g/mol. The Bertz CT molecular complexity index is 453. The van der Waals surface area contributed by atoms with Gasteiger partial charge in [0.25, 0.3) is 5.91 Å². The highest BCUT2D eigenvalue weighted by Gasteiger charge is 2.28. The normalized spacial score (nSPS) is 19.3. The lowest BCUT2D eigenvalue weighted by molar-refractivity contribution is 0.0781. The summed E-state index contributed by atoms with van der Waals surface area (Å²) in [5, 5.41) is 0.897. The van der Waals surface area contributed by atoms with Gasteiger partial charge in [0.2, 0.25) is 0 Å². The molecule has 0 spiro atoms. The molecule has 1 fully saturated rings. The molecule has 1 heterocycles. The van der Waals surface area contributed by atoms with Gasteiger partial charge in [-0.25, -0.2) is 8.78 Å². The highest BCUT2D eigenvalue weighted by molar-refractivity contribution is 9.09. The van der Waals surface area contributed by atoms with Crippen LogP contribution in [0.2, 0.25) is 0 Å². The molecule has 1 amide bonds. The van der Waals surface area contributed by atoms with E-state index in [1.807, 2.05) is 0 Å². The van der Waals surface area contributed by atoms with Gasteiger partial charge in [-0.05, 0) is 30.9 Å². The molecule has 0 radical (unpaired) electrons. The SMILES string of the molecule is O=C(c1cccc(F)c1F)N1CCC(CCBr)C1. The number of hydrogen-bond acceptors (Lipinski definition) is 1. The van der Waals surface area contributed by atoms with Gasteiger partial charge in [0.15, 0.2) is 11.6 Å². The van der Waals surface area contributed by atoms with Crippen molar-refractivity contribution in [2.24, 2.45) is 5.92 Å². The Balaban J connectivity index is 2.11. The second-order valence-electron chi connectivity index (χ2n) is 4.48. The molecule has 0 aromatic heterocycles. The number of hydrogen-bond donors (Lipinski definition) is 0. The lowest BCUT2D eigenvalue weighted by atomic mass is 10.1. The second-order valence-corrected chi connectivity index (χ2v) is 5.28. The molecule has 1 aromatic rings. The van der Waals surface area contributed by atoms with E-state index in [-0.39, 0.29) is 5.56 Å². The topological polar surface area (TPSA) is 20.3 Å². The Morgan fingerprint density at radius 3 is 2.94 bits per heavy atom. The van der Waals surface area contributed by atoms with E-state index in [1.165, 1.54) is 12.1 Å². The molecule has 2 rings (SSSR count). The van der Waals surface area contributed by atoms with Gasteiger partial charge in [-0.15, -0.1) is 0 Å². The standard InChI is InChI=1S/C13H14BrF2NO/c14-6-4-9-5-7-17(8-9)13(18)10-2-1-3-11(15)12(10)16/h1-3,9H,4-8H2. The lowest BCUT2D eigenvalue weighted by Crippen LogP contribution is -2.29. The summed E-state index contributed by atoms with van der Waals surface area (Å²) in [7, 11) is 0. The molecule has 0 bridgehead atoms. The van der Waals surface area contributed by atoms with Crippen LogP contribution in [0.25, 0.3) is 0 Å². The molecule has 1 aliphatic heterocycles. The molecule has 0 aliphatic carbocycles. The maximum absolute atomic E-state index is 13.5. The molecule has 0 N–H and O–H groups in total. The van der Waals surface area contributed by atoms with Crippen molar-refractivity contribution in [3.05, 3.63) is 35.4 Å². The summed E-state index contributed by atoms with van der Waals surface area (Å²) in [6, 6.07) is 3.71. The molecule has 98 valence electrons. The van der Waals surface area contributed by atoms with Crippen molar-refractivity contribution in [1.82, 2.24) is 4.90 Å². The first-order valence-electron chi connectivity index (χ1n) is 5.92. The molecule has 5 heteroatoms. The van der Waals surface area contributed by atoms with Gasteiger partial charge in [0.05, 0.1) is 5.56 Å². The number of halogens is 3. The maximum atomic E-state index is 13.5. The molecule has 1 aromatic carbocycles.